The first kappa shape index (κ1) is 15.5. The molecule has 1 aromatic carbocycles. The van der Waals surface area contributed by atoms with Gasteiger partial charge in [0.25, 0.3) is 0 Å². The highest BCUT2D eigenvalue weighted by Crippen LogP contribution is 2.36. The Hall–Kier alpha value is -0.930. The SMILES string of the molecule is CCOc1ccc(C(Cl)C2CCCCO2)cc1OCC. The number of hydrogen-bond acceptors (Lipinski definition) is 3. The second-order valence-corrected chi connectivity index (χ2v) is 5.35. The van der Waals surface area contributed by atoms with Crippen molar-refractivity contribution in [2.75, 3.05) is 19.8 Å². The fraction of sp³-hybridized carbons (Fsp3) is 0.625. The Morgan fingerprint density at radius 3 is 2.60 bits per heavy atom. The number of alkyl halides is 1. The minimum Gasteiger partial charge on any atom is -0.490 e. The Bertz CT molecular complexity index is 416. The second kappa shape index (κ2) is 7.75. The third kappa shape index (κ3) is 3.80. The molecule has 1 aliphatic heterocycles. The smallest absolute Gasteiger partial charge is 0.161 e. The molecule has 0 saturated carbocycles. The van der Waals surface area contributed by atoms with Gasteiger partial charge in [-0.15, -0.1) is 11.6 Å². The Labute approximate surface area is 126 Å². The predicted octanol–water partition coefficient (Wildman–Crippen LogP) is 4.33. The van der Waals surface area contributed by atoms with Crippen LogP contribution in [0.15, 0.2) is 18.2 Å². The molecule has 1 saturated heterocycles. The fourth-order valence-electron chi connectivity index (χ4n) is 2.45. The van der Waals surface area contributed by atoms with E-state index in [0.717, 1.165) is 36.5 Å². The van der Waals surface area contributed by atoms with Crippen molar-refractivity contribution in [2.24, 2.45) is 0 Å². The van der Waals surface area contributed by atoms with E-state index in [1.807, 2.05) is 32.0 Å². The van der Waals surface area contributed by atoms with Crippen molar-refractivity contribution in [2.45, 2.75) is 44.6 Å². The number of halogens is 1. The molecule has 1 fully saturated rings. The highest BCUT2D eigenvalue weighted by molar-refractivity contribution is 6.21. The van der Waals surface area contributed by atoms with Crippen LogP contribution in [0.5, 0.6) is 11.5 Å². The summed E-state index contributed by atoms with van der Waals surface area (Å²) >= 11 is 6.57. The third-order valence-electron chi connectivity index (χ3n) is 3.43. The summed E-state index contributed by atoms with van der Waals surface area (Å²) in [5, 5.41) is -0.134. The molecule has 2 unspecified atom stereocenters. The number of benzene rings is 1. The molecule has 0 aliphatic carbocycles. The van der Waals surface area contributed by atoms with Crippen LogP contribution in [0.4, 0.5) is 0 Å². The summed E-state index contributed by atoms with van der Waals surface area (Å²) in [6.45, 7) is 5.96. The zero-order valence-corrected chi connectivity index (χ0v) is 13.0. The van der Waals surface area contributed by atoms with Crippen molar-refractivity contribution in [3.63, 3.8) is 0 Å². The van der Waals surface area contributed by atoms with Crippen LogP contribution in [0, 0.1) is 0 Å². The van der Waals surface area contributed by atoms with Crippen molar-refractivity contribution in [1.29, 1.82) is 0 Å². The summed E-state index contributed by atoms with van der Waals surface area (Å²) in [4.78, 5) is 0. The van der Waals surface area contributed by atoms with Gasteiger partial charge in [0.2, 0.25) is 0 Å². The molecule has 3 nitrogen and oxygen atoms in total. The average Bonchev–Trinajstić information content (AvgIpc) is 2.50. The van der Waals surface area contributed by atoms with Gasteiger partial charge in [0.1, 0.15) is 0 Å². The van der Waals surface area contributed by atoms with Crippen molar-refractivity contribution in [3.8, 4) is 11.5 Å². The van der Waals surface area contributed by atoms with Crippen LogP contribution in [0.3, 0.4) is 0 Å². The summed E-state index contributed by atoms with van der Waals surface area (Å²) in [6, 6.07) is 5.91. The van der Waals surface area contributed by atoms with Crippen molar-refractivity contribution >= 4 is 11.6 Å². The number of rotatable bonds is 6. The predicted molar refractivity (Wildman–Crippen MR) is 81.0 cm³/mol. The highest BCUT2D eigenvalue weighted by atomic mass is 35.5. The summed E-state index contributed by atoms with van der Waals surface area (Å²) in [7, 11) is 0. The topological polar surface area (TPSA) is 27.7 Å². The highest BCUT2D eigenvalue weighted by Gasteiger charge is 2.25. The van der Waals surface area contributed by atoms with Crippen molar-refractivity contribution in [1.82, 2.24) is 0 Å². The largest absolute Gasteiger partial charge is 0.490 e. The molecule has 0 amide bonds. The van der Waals surface area contributed by atoms with E-state index < -0.39 is 0 Å². The molecule has 0 radical (unpaired) electrons. The summed E-state index contributed by atoms with van der Waals surface area (Å²) < 4.78 is 17.0. The third-order valence-corrected chi connectivity index (χ3v) is 3.96. The molecule has 4 heteroatoms. The molecule has 1 aliphatic rings. The van der Waals surface area contributed by atoms with E-state index in [1.54, 1.807) is 0 Å². The average molecular weight is 299 g/mol. The quantitative estimate of drug-likeness (QED) is 0.732. The van der Waals surface area contributed by atoms with Crippen LogP contribution in [-0.4, -0.2) is 25.9 Å². The summed E-state index contributed by atoms with van der Waals surface area (Å²) in [5.74, 6) is 1.53. The van der Waals surface area contributed by atoms with Gasteiger partial charge in [-0.1, -0.05) is 6.07 Å². The minimum absolute atomic E-state index is 0.0952. The molecule has 0 bridgehead atoms. The van der Waals surface area contributed by atoms with E-state index >= 15 is 0 Å². The maximum Gasteiger partial charge on any atom is 0.161 e. The van der Waals surface area contributed by atoms with Crippen LogP contribution < -0.4 is 9.47 Å². The maximum atomic E-state index is 6.57. The Morgan fingerprint density at radius 2 is 1.95 bits per heavy atom. The molecule has 112 valence electrons. The first-order valence-electron chi connectivity index (χ1n) is 7.41. The number of ether oxygens (including phenoxy) is 3. The van der Waals surface area contributed by atoms with Gasteiger partial charge in [0.15, 0.2) is 11.5 Å². The zero-order valence-electron chi connectivity index (χ0n) is 12.2. The Morgan fingerprint density at radius 1 is 1.20 bits per heavy atom. The van der Waals surface area contributed by atoms with E-state index in [2.05, 4.69) is 0 Å². The molecular weight excluding hydrogens is 276 g/mol. The van der Waals surface area contributed by atoms with Crippen LogP contribution in [-0.2, 0) is 4.74 Å². The van der Waals surface area contributed by atoms with E-state index in [-0.39, 0.29) is 11.5 Å². The first-order valence-corrected chi connectivity index (χ1v) is 7.85. The minimum atomic E-state index is -0.134. The van der Waals surface area contributed by atoms with Gasteiger partial charge >= 0.3 is 0 Å². The van der Waals surface area contributed by atoms with E-state index in [9.17, 15) is 0 Å². The lowest BCUT2D eigenvalue weighted by atomic mass is 10.0. The van der Waals surface area contributed by atoms with E-state index in [1.165, 1.54) is 6.42 Å². The first-order chi connectivity index (χ1) is 9.76. The van der Waals surface area contributed by atoms with E-state index in [0.29, 0.717) is 13.2 Å². The standard InChI is InChI=1S/C16H23ClO3/c1-3-18-13-9-8-12(11-15(13)19-4-2)16(17)14-7-5-6-10-20-14/h8-9,11,14,16H,3-7,10H2,1-2H3. The van der Waals surface area contributed by atoms with E-state index in [4.69, 9.17) is 25.8 Å². The lowest BCUT2D eigenvalue weighted by Gasteiger charge is -2.27. The van der Waals surface area contributed by atoms with Crippen molar-refractivity contribution in [3.05, 3.63) is 23.8 Å². The van der Waals surface area contributed by atoms with Crippen LogP contribution >= 0.6 is 11.6 Å². The molecule has 0 N–H and O–H groups in total. The number of hydrogen-bond donors (Lipinski definition) is 0. The molecule has 1 heterocycles. The monoisotopic (exact) mass is 298 g/mol. The molecule has 2 atom stereocenters. The van der Waals surface area contributed by atoms with Crippen LogP contribution in [0.2, 0.25) is 0 Å². The van der Waals surface area contributed by atoms with Crippen molar-refractivity contribution < 1.29 is 14.2 Å². The van der Waals surface area contributed by atoms with Gasteiger partial charge in [-0.3, -0.25) is 0 Å². The molecular formula is C16H23ClO3. The fourth-order valence-corrected chi connectivity index (χ4v) is 2.78. The zero-order chi connectivity index (χ0) is 14.4. The van der Waals surface area contributed by atoms with Crippen LogP contribution in [0.25, 0.3) is 0 Å². The maximum absolute atomic E-state index is 6.57. The lowest BCUT2D eigenvalue weighted by Crippen LogP contribution is -2.23. The second-order valence-electron chi connectivity index (χ2n) is 4.88. The summed E-state index contributed by atoms with van der Waals surface area (Å²) in [5.41, 5.74) is 1.03. The van der Waals surface area contributed by atoms with Gasteiger partial charge in [-0.25, -0.2) is 0 Å². The molecule has 2 rings (SSSR count). The normalized spacial score (nSPS) is 20.4. The van der Waals surface area contributed by atoms with Gasteiger partial charge in [0.05, 0.1) is 24.7 Å². The Balaban J connectivity index is 2.16. The lowest BCUT2D eigenvalue weighted by molar-refractivity contribution is 0.0135. The van der Waals surface area contributed by atoms with Gasteiger partial charge in [0, 0.05) is 6.61 Å². The Kier molecular flexibility index (Phi) is 5.99. The molecule has 0 aromatic heterocycles. The molecule has 0 spiro atoms. The van der Waals surface area contributed by atoms with Crippen LogP contribution in [0.1, 0.15) is 44.1 Å². The summed E-state index contributed by atoms with van der Waals surface area (Å²) in [6.07, 6.45) is 3.43. The molecule has 20 heavy (non-hydrogen) atoms. The molecule has 1 aromatic rings. The van der Waals surface area contributed by atoms with Gasteiger partial charge < -0.3 is 14.2 Å². The van der Waals surface area contributed by atoms with Gasteiger partial charge in [-0.05, 0) is 50.8 Å². The van der Waals surface area contributed by atoms with Gasteiger partial charge in [-0.2, -0.15) is 0 Å².